The number of ether oxygens (including phenoxy) is 1. The molecule has 1 amide bonds. The molecule has 4 aromatic rings. The van der Waals surface area contributed by atoms with Crippen molar-refractivity contribution in [3.05, 3.63) is 90.3 Å². The van der Waals surface area contributed by atoms with Crippen molar-refractivity contribution in [2.75, 3.05) is 18.1 Å². The number of nitrogens with zero attached hydrogens (tertiary/aromatic N) is 3. The molecule has 5 nitrogen and oxygen atoms in total. The maximum absolute atomic E-state index is 13.0. The number of benzene rings is 3. The van der Waals surface area contributed by atoms with E-state index in [1.165, 1.54) is 5.56 Å². The summed E-state index contributed by atoms with van der Waals surface area (Å²) >= 11 is 0. The lowest BCUT2D eigenvalue weighted by atomic mass is 10.1. The van der Waals surface area contributed by atoms with E-state index < -0.39 is 0 Å². The van der Waals surface area contributed by atoms with Gasteiger partial charge >= 0.3 is 0 Å². The number of fused-ring (bicyclic) bond motifs is 1. The number of anilines is 1. The Morgan fingerprint density at radius 3 is 2.58 bits per heavy atom. The molecule has 1 aliphatic heterocycles. The van der Waals surface area contributed by atoms with Gasteiger partial charge in [-0.15, -0.1) is 0 Å². The van der Waals surface area contributed by atoms with Gasteiger partial charge in [-0.2, -0.15) is 0 Å². The van der Waals surface area contributed by atoms with Crippen LogP contribution < -0.4 is 9.64 Å². The Balaban J connectivity index is 1.37. The number of amides is 1. The average molecular weight is 440 g/mol. The second kappa shape index (κ2) is 9.49. The lowest BCUT2D eigenvalue weighted by Crippen LogP contribution is -2.25. The summed E-state index contributed by atoms with van der Waals surface area (Å²) in [6.07, 6.45) is 2.26. The summed E-state index contributed by atoms with van der Waals surface area (Å²) in [6, 6.07) is 26.4. The fraction of sp³-hybridized carbons (Fsp3) is 0.286. The summed E-state index contributed by atoms with van der Waals surface area (Å²) in [6.45, 7) is 4.24. The van der Waals surface area contributed by atoms with E-state index in [0.717, 1.165) is 47.7 Å². The summed E-state index contributed by atoms with van der Waals surface area (Å²) in [5.74, 6) is 2.14. The molecule has 3 aromatic carbocycles. The molecule has 2 heterocycles. The number of rotatable bonds is 8. The largest absolute Gasteiger partial charge is 0.494 e. The van der Waals surface area contributed by atoms with Crippen LogP contribution in [0.4, 0.5) is 5.69 Å². The molecule has 0 radical (unpaired) electrons. The minimum atomic E-state index is 0.0739. The molecule has 0 saturated carbocycles. The highest BCUT2D eigenvalue weighted by molar-refractivity contribution is 5.97. The molecule has 1 atom stereocenters. The van der Waals surface area contributed by atoms with E-state index in [2.05, 4.69) is 35.8 Å². The van der Waals surface area contributed by atoms with Crippen LogP contribution in [0.3, 0.4) is 0 Å². The van der Waals surface area contributed by atoms with E-state index in [4.69, 9.17) is 9.72 Å². The second-order valence-electron chi connectivity index (χ2n) is 8.51. The van der Waals surface area contributed by atoms with Crippen LogP contribution in [-0.4, -0.2) is 28.6 Å². The van der Waals surface area contributed by atoms with Crippen molar-refractivity contribution < 1.29 is 9.53 Å². The van der Waals surface area contributed by atoms with Gasteiger partial charge < -0.3 is 14.2 Å². The Bertz CT molecular complexity index is 1250. The van der Waals surface area contributed by atoms with Gasteiger partial charge in [-0.25, -0.2) is 4.98 Å². The minimum absolute atomic E-state index is 0.0739. The van der Waals surface area contributed by atoms with Gasteiger partial charge in [-0.3, -0.25) is 4.79 Å². The number of aryl methyl sites for hydroxylation is 2. The van der Waals surface area contributed by atoms with Crippen LogP contribution in [0, 0.1) is 0 Å². The summed E-state index contributed by atoms with van der Waals surface area (Å²) in [4.78, 5) is 20.0. The van der Waals surface area contributed by atoms with E-state index in [9.17, 15) is 4.79 Å². The third-order valence-corrected chi connectivity index (χ3v) is 6.38. The van der Waals surface area contributed by atoms with Crippen molar-refractivity contribution in [1.82, 2.24) is 9.55 Å². The van der Waals surface area contributed by atoms with E-state index in [-0.39, 0.29) is 11.8 Å². The molecular formula is C28H29N3O2. The van der Waals surface area contributed by atoms with Gasteiger partial charge in [0.25, 0.3) is 0 Å². The standard InChI is InChI=1S/C28H29N3O2/c1-2-21-11-6-8-15-25(21)31-20-22(19-27(31)32)28-29-24-14-7-9-16-26(24)30(28)17-10-18-33-23-12-4-3-5-13-23/h3-9,11-16,22H,2,10,17-20H2,1H3. The minimum Gasteiger partial charge on any atom is -0.494 e. The average Bonchev–Trinajstić information content (AvgIpc) is 3.43. The summed E-state index contributed by atoms with van der Waals surface area (Å²) < 4.78 is 8.19. The first-order chi connectivity index (χ1) is 16.2. The van der Waals surface area contributed by atoms with Crippen LogP contribution in [0.15, 0.2) is 78.9 Å². The van der Waals surface area contributed by atoms with Gasteiger partial charge in [-0.05, 0) is 48.7 Å². The normalized spacial score (nSPS) is 16.0. The van der Waals surface area contributed by atoms with Crippen molar-refractivity contribution in [2.45, 2.75) is 38.6 Å². The van der Waals surface area contributed by atoms with Gasteiger partial charge in [0.05, 0.1) is 17.6 Å². The quantitative estimate of drug-likeness (QED) is 0.336. The third-order valence-electron chi connectivity index (χ3n) is 6.38. The molecule has 168 valence electrons. The molecule has 5 rings (SSSR count). The lowest BCUT2D eigenvalue weighted by Gasteiger charge is -2.20. The SMILES string of the molecule is CCc1ccccc1N1CC(c2nc3ccccc3n2CCCOc2ccccc2)CC1=O. The maximum Gasteiger partial charge on any atom is 0.227 e. The number of para-hydroxylation sites is 4. The van der Waals surface area contributed by atoms with Crippen molar-refractivity contribution in [3.63, 3.8) is 0 Å². The number of imidazole rings is 1. The van der Waals surface area contributed by atoms with Crippen LogP contribution in [-0.2, 0) is 17.8 Å². The van der Waals surface area contributed by atoms with Crippen LogP contribution in [0.1, 0.15) is 37.1 Å². The highest BCUT2D eigenvalue weighted by Crippen LogP contribution is 2.34. The van der Waals surface area contributed by atoms with Crippen LogP contribution in [0.5, 0.6) is 5.75 Å². The fourth-order valence-electron chi connectivity index (χ4n) is 4.76. The molecule has 1 saturated heterocycles. The predicted molar refractivity (Wildman–Crippen MR) is 132 cm³/mol. The number of hydrogen-bond acceptors (Lipinski definition) is 3. The fourth-order valence-corrected chi connectivity index (χ4v) is 4.76. The monoisotopic (exact) mass is 439 g/mol. The number of aromatic nitrogens is 2. The number of carbonyl (C=O) groups excluding carboxylic acids is 1. The summed E-state index contributed by atoms with van der Waals surface area (Å²) in [7, 11) is 0. The highest BCUT2D eigenvalue weighted by atomic mass is 16.5. The molecule has 1 aromatic heterocycles. The summed E-state index contributed by atoms with van der Waals surface area (Å²) in [5.41, 5.74) is 4.34. The Morgan fingerprint density at radius 2 is 1.73 bits per heavy atom. The topological polar surface area (TPSA) is 47.4 Å². The van der Waals surface area contributed by atoms with Crippen molar-refractivity contribution in [2.24, 2.45) is 0 Å². The van der Waals surface area contributed by atoms with Crippen molar-refractivity contribution in [1.29, 1.82) is 0 Å². The first-order valence-electron chi connectivity index (χ1n) is 11.8. The molecule has 33 heavy (non-hydrogen) atoms. The highest BCUT2D eigenvalue weighted by Gasteiger charge is 2.35. The molecule has 0 N–H and O–H groups in total. The first-order valence-corrected chi connectivity index (χ1v) is 11.8. The zero-order valence-electron chi connectivity index (χ0n) is 19.0. The van der Waals surface area contributed by atoms with Gasteiger partial charge in [0.15, 0.2) is 0 Å². The van der Waals surface area contributed by atoms with Crippen molar-refractivity contribution in [3.8, 4) is 5.75 Å². The van der Waals surface area contributed by atoms with Gasteiger partial charge in [0.2, 0.25) is 5.91 Å². The molecule has 0 bridgehead atoms. The van der Waals surface area contributed by atoms with Crippen LogP contribution >= 0.6 is 0 Å². The Kier molecular flexibility index (Phi) is 6.11. The lowest BCUT2D eigenvalue weighted by molar-refractivity contribution is -0.117. The van der Waals surface area contributed by atoms with Crippen molar-refractivity contribution >= 4 is 22.6 Å². The molecule has 1 fully saturated rings. The van der Waals surface area contributed by atoms with Crippen LogP contribution in [0.2, 0.25) is 0 Å². The number of carbonyl (C=O) groups is 1. The van der Waals surface area contributed by atoms with E-state index in [1.54, 1.807) is 0 Å². The Hall–Kier alpha value is -3.60. The smallest absolute Gasteiger partial charge is 0.227 e. The third kappa shape index (κ3) is 4.36. The molecular weight excluding hydrogens is 410 g/mol. The van der Waals surface area contributed by atoms with Gasteiger partial charge in [0.1, 0.15) is 11.6 Å². The van der Waals surface area contributed by atoms with E-state index >= 15 is 0 Å². The molecule has 5 heteroatoms. The van der Waals surface area contributed by atoms with E-state index in [1.807, 2.05) is 59.5 Å². The zero-order chi connectivity index (χ0) is 22.6. The summed E-state index contributed by atoms with van der Waals surface area (Å²) in [5, 5.41) is 0. The Morgan fingerprint density at radius 1 is 0.970 bits per heavy atom. The Labute approximate surface area is 194 Å². The van der Waals surface area contributed by atoms with E-state index in [0.29, 0.717) is 19.6 Å². The maximum atomic E-state index is 13.0. The molecule has 1 aliphatic rings. The number of hydrogen-bond donors (Lipinski definition) is 0. The van der Waals surface area contributed by atoms with Gasteiger partial charge in [-0.1, -0.05) is 55.5 Å². The zero-order valence-corrected chi connectivity index (χ0v) is 19.0. The predicted octanol–water partition coefficient (Wildman–Crippen LogP) is 5.59. The second-order valence-corrected chi connectivity index (χ2v) is 8.51. The molecule has 0 spiro atoms. The molecule has 0 aliphatic carbocycles. The van der Waals surface area contributed by atoms with Crippen LogP contribution in [0.25, 0.3) is 11.0 Å². The first kappa shape index (κ1) is 21.3. The molecule has 1 unspecified atom stereocenters. The van der Waals surface area contributed by atoms with Gasteiger partial charge in [0, 0.05) is 31.1 Å².